The lowest BCUT2D eigenvalue weighted by molar-refractivity contribution is 0.184. The van der Waals surface area contributed by atoms with E-state index < -0.39 is 0 Å². The Hall–Kier alpha value is -0.870. The summed E-state index contributed by atoms with van der Waals surface area (Å²) in [6.07, 6.45) is 6.22. The first kappa shape index (κ1) is 9.36. The van der Waals surface area contributed by atoms with Gasteiger partial charge in [0.15, 0.2) is 0 Å². The van der Waals surface area contributed by atoms with Crippen LogP contribution in [0.5, 0.6) is 0 Å². The van der Waals surface area contributed by atoms with Crippen LogP contribution in [0.2, 0.25) is 0 Å². The summed E-state index contributed by atoms with van der Waals surface area (Å²) in [5.41, 5.74) is 7.47. The second-order valence-electron chi connectivity index (χ2n) is 4.82. The minimum absolute atomic E-state index is 0.0667. The Kier molecular flexibility index (Phi) is 2.07. The summed E-state index contributed by atoms with van der Waals surface area (Å²) < 4.78 is 7.50. The Morgan fingerprint density at radius 1 is 1.60 bits per heavy atom. The summed E-state index contributed by atoms with van der Waals surface area (Å²) in [7, 11) is 0. The van der Waals surface area contributed by atoms with Crippen molar-refractivity contribution in [1.82, 2.24) is 9.78 Å². The van der Waals surface area contributed by atoms with Crippen LogP contribution in [0.25, 0.3) is 0 Å². The van der Waals surface area contributed by atoms with Gasteiger partial charge in [-0.3, -0.25) is 4.68 Å². The fourth-order valence-corrected chi connectivity index (χ4v) is 2.22. The third kappa shape index (κ3) is 1.79. The number of rotatable bonds is 3. The number of hydrogen-bond acceptors (Lipinski definition) is 3. The summed E-state index contributed by atoms with van der Waals surface area (Å²) in [6, 6.07) is 2.52. The minimum atomic E-state index is 0.0667. The van der Waals surface area contributed by atoms with E-state index in [1.54, 1.807) is 0 Å². The fourth-order valence-electron chi connectivity index (χ4n) is 2.22. The van der Waals surface area contributed by atoms with Crippen LogP contribution in [-0.2, 0) is 11.2 Å². The second kappa shape index (κ2) is 3.32. The van der Waals surface area contributed by atoms with E-state index in [1.165, 1.54) is 5.69 Å². The maximum atomic E-state index is 6.13. The van der Waals surface area contributed by atoms with Crippen LogP contribution in [0.15, 0.2) is 12.3 Å². The SMILES string of the molecule is NC1(Cc2ccnn2C2CCOC2)CC1. The molecule has 0 aromatic carbocycles. The number of aromatic nitrogens is 2. The molecule has 1 aliphatic heterocycles. The standard InChI is InChI=1S/C11H17N3O/c12-11(3-4-11)7-9-1-5-13-14(9)10-2-6-15-8-10/h1,5,10H,2-4,6-8,12H2. The Morgan fingerprint density at radius 2 is 2.47 bits per heavy atom. The Bertz CT molecular complexity index is 350. The topological polar surface area (TPSA) is 53.1 Å². The number of ether oxygens (including phenoxy) is 1. The van der Waals surface area contributed by atoms with E-state index >= 15 is 0 Å². The van der Waals surface area contributed by atoms with Crippen molar-refractivity contribution in [3.05, 3.63) is 18.0 Å². The molecule has 0 spiro atoms. The molecule has 3 rings (SSSR count). The van der Waals surface area contributed by atoms with Gasteiger partial charge in [0.25, 0.3) is 0 Å². The first-order valence-electron chi connectivity index (χ1n) is 5.66. The highest BCUT2D eigenvalue weighted by Gasteiger charge is 2.39. The molecule has 4 heteroatoms. The quantitative estimate of drug-likeness (QED) is 0.800. The van der Waals surface area contributed by atoms with Gasteiger partial charge >= 0.3 is 0 Å². The molecule has 2 N–H and O–H groups in total. The molecule has 0 bridgehead atoms. The summed E-state index contributed by atoms with van der Waals surface area (Å²) in [5, 5.41) is 4.39. The van der Waals surface area contributed by atoms with Crippen molar-refractivity contribution in [3.8, 4) is 0 Å². The van der Waals surface area contributed by atoms with Crippen LogP contribution in [0, 0.1) is 0 Å². The molecule has 1 aromatic heterocycles. The van der Waals surface area contributed by atoms with Gasteiger partial charge in [0.1, 0.15) is 0 Å². The predicted octanol–water partition coefficient (Wildman–Crippen LogP) is 0.878. The number of nitrogens with zero attached hydrogens (tertiary/aromatic N) is 2. The average molecular weight is 207 g/mol. The minimum Gasteiger partial charge on any atom is -0.379 e. The van der Waals surface area contributed by atoms with Crippen molar-refractivity contribution < 1.29 is 4.74 Å². The highest BCUT2D eigenvalue weighted by molar-refractivity contribution is 5.13. The first-order chi connectivity index (χ1) is 7.27. The molecule has 1 aliphatic carbocycles. The summed E-state index contributed by atoms with van der Waals surface area (Å²) in [4.78, 5) is 0. The third-order valence-corrected chi connectivity index (χ3v) is 3.43. The monoisotopic (exact) mass is 207 g/mol. The van der Waals surface area contributed by atoms with Crippen molar-refractivity contribution in [2.75, 3.05) is 13.2 Å². The molecule has 1 unspecified atom stereocenters. The van der Waals surface area contributed by atoms with Crippen LogP contribution in [0.3, 0.4) is 0 Å². The van der Waals surface area contributed by atoms with Gasteiger partial charge in [-0.05, 0) is 25.3 Å². The normalized spacial score (nSPS) is 28.2. The molecule has 2 aliphatic rings. The molecule has 0 amide bonds. The highest BCUT2D eigenvalue weighted by Crippen LogP contribution is 2.36. The molecule has 2 heterocycles. The molecule has 82 valence electrons. The summed E-state index contributed by atoms with van der Waals surface area (Å²) in [5.74, 6) is 0. The van der Waals surface area contributed by atoms with Crippen molar-refractivity contribution in [2.24, 2.45) is 5.73 Å². The fraction of sp³-hybridized carbons (Fsp3) is 0.727. The molecule has 4 nitrogen and oxygen atoms in total. The Morgan fingerprint density at radius 3 is 3.13 bits per heavy atom. The zero-order valence-corrected chi connectivity index (χ0v) is 8.85. The molecular weight excluding hydrogens is 190 g/mol. The zero-order valence-electron chi connectivity index (χ0n) is 8.85. The number of nitrogens with two attached hydrogens (primary N) is 1. The van der Waals surface area contributed by atoms with Crippen LogP contribution in [0.4, 0.5) is 0 Å². The van der Waals surface area contributed by atoms with Gasteiger partial charge in [0.2, 0.25) is 0 Å². The van der Waals surface area contributed by atoms with Crippen molar-refractivity contribution >= 4 is 0 Å². The van der Waals surface area contributed by atoms with E-state index in [0.717, 1.165) is 38.9 Å². The van der Waals surface area contributed by atoms with E-state index in [4.69, 9.17) is 10.5 Å². The maximum absolute atomic E-state index is 6.13. The van der Waals surface area contributed by atoms with Gasteiger partial charge < -0.3 is 10.5 Å². The summed E-state index contributed by atoms with van der Waals surface area (Å²) >= 11 is 0. The van der Waals surface area contributed by atoms with Crippen molar-refractivity contribution in [2.45, 2.75) is 37.3 Å². The van der Waals surface area contributed by atoms with E-state index in [0.29, 0.717) is 6.04 Å². The van der Waals surface area contributed by atoms with Gasteiger partial charge in [-0.15, -0.1) is 0 Å². The smallest absolute Gasteiger partial charge is 0.0777 e. The Labute approximate surface area is 89.4 Å². The van der Waals surface area contributed by atoms with Crippen LogP contribution < -0.4 is 5.73 Å². The predicted molar refractivity (Wildman–Crippen MR) is 56.6 cm³/mol. The number of hydrogen-bond donors (Lipinski definition) is 1. The van der Waals surface area contributed by atoms with Gasteiger partial charge in [0.05, 0.1) is 12.6 Å². The van der Waals surface area contributed by atoms with Crippen molar-refractivity contribution in [3.63, 3.8) is 0 Å². The lowest BCUT2D eigenvalue weighted by Crippen LogP contribution is -2.27. The van der Waals surface area contributed by atoms with Crippen molar-refractivity contribution in [1.29, 1.82) is 0 Å². The first-order valence-corrected chi connectivity index (χ1v) is 5.66. The molecule has 1 saturated carbocycles. The zero-order chi connectivity index (χ0) is 10.3. The third-order valence-electron chi connectivity index (χ3n) is 3.43. The Balaban J connectivity index is 1.79. The lowest BCUT2D eigenvalue weighted by atomic mass is 10.1. The van der Waals surface area contributed by atoms with Crippen LogP contribution >= 0.6 is 0 Å². The molecular formula is C11H17N3O. The molecule has 1 aromatic rings. The van der Waals surface area contributed by atoms with Crippen LogP contribution in [0.1, 0.15) is 31.0 Å². The largest absolute Gasteiger partial charge is 0.379 e. The highest BCUT2D eigenvalue weighted by atomic mass is 16.5. The molecule has 1 atom stereocenters. The van der Waals surface area contributed by atoms with Gasteiger partial charge in [-0.25, -0.2) is 0 Å². The van der Waals surface area contributed by atoms with E-state index in [9.17, 15) is 0 Å². The van der Waals surface area contributed by atoms with Gasteiger partial charge in [-0.1, -0.05) is 0 Å². The molecule has 1 saturated heterocycles. The summed E-state index contributed by atoms with van der Waals surface area (Å²) in [6.45, 7) is 1.66. The van der Waals surface area contributed by atoms with Crippen LogP contribution in [-0.4, -0.2) is 28.5 Å². The van der Waals surface area contributed by atoms with Gasteiger partial charge in [-0.2, -0.15) is 5.10 Å². The maximum Gasteiger partial charge on any atom is 0.0777 e. The molecule has 2 fully saturated rings. The van der Waals surface area contributed by atoms with Gasteiger partial charge in [0, 0.05) is 30.5 Å². The molecule has 0 radical (unpaired) electrons. The lowest BCUT2D eigenvalue weighted by Gasteiger charge is -2.15. The van der Waals surface area contributed by atoms with E-state index in [2.05, 4.69) is 15.8 Å². The average Bonchev–Trinajstić information content (AvgIpc) is 2.72. The van der Waals surface area contributed by atoms with E-state index in [1.807, 2.05) is 6.20 Å². The van der Waals surface area contributed by atoms with E-state index in [-0.39, 0.29) is 5.54 Å². The molecule has 15 heavy (non-hydrogen) atoms. The second-order valence-corrected chi connectivity index (χ2v) is 4.82.